The molecular formula is C14H22N2O. The van der Waals surface area contributed by atoms with Gasteiger partial charge in [0.05, 0.1) is 0 Å². The Hall–Kier alpha value is -0.900. The van der Waals surface area contributed by atoms with Crippen molar-refractivity contribution in [3.63, 3.8) is 0 Å². The van der Waals surface area contributed by atoms with Gasteiger partial charge < -0.3 is 15.7 Å². The van der Waals surface area contributed by atoms with Gasteiger partial charge >= 0.3 is 0 Å². The predicted molar refractivity (Wildman–Crippen MR) is 69.8 cm³/mol. The molecule has 17 heavy (non-hydrogen) atoms. The van der Waals surface area contributed by atoms with Crippen LogP contribution in [-0.4, -0.2) is 30.8 Å². The molecule has 3 N–H and O–H groups in total. The van der Waals surface area contributed by atoms with Crippen LogP contribution in [0.1, 0.15) is 24.9 Å². The van der Waals surface area contributed by atoms with E-state index in [4.69, 9.17) is 0 Å². The summed E-state index contributed by atoms with van der Waals surface area (Å²) in [4.78, 5) is 0. The SMILES string of the molecule is C[C@@H](N[C@@H]1CCNC[C@H]1CO)c1ccccc1. The summed E-state index contributed by atoms with van der Waals surface area (Å²) in [7, 11) is 0. The lowest BCUT2D eigenvalue weighted by atomic mass is 9.93. The highest BCUT2D eigenvalue weighted by atomic mass is 16.3. The van der Waals surface area contributed by atoms with Crippen LogP contribution in [0.15, 0.2) is 30.3 Å². The lowest BCUT2D eigenvalue weighted by Gasteiger charge is -2.34. The van der Waals surface area contributed by atoms with E-state index in [9.17, 15) is 5.11 Å². The fourth-order valence-electron chi connectivity index (χ4n) is 2.49. The van der Waals surface area contributed by atoms with Crippen LogP contribution in [0.5, 0.6) is 0 Å². The van der Waals surface area contributed by atoms with Gasteiger partial charge in [-0.3, -0.25) is 0 Å². The second-order valence-corrected chi connectivity index (χ2v) is 4.84. The summed E-state index contributed by atoms with van der Waals surface area (Å²) in [5.41, 5.74) is 1.31. The van der Waals surface area contributed by atoms with Crippen molar-refractivity contribution in [2.45, 2.75) is 25.4 Å². The van der Waals surface area contributed by atoms with Crippen molar-refractivity contribution in [3.05, 3.63) is 35.9 Å². The van der Waals surface area contributed by atoms with Gasteiger partial charge in [-0.1, -0.05) is 30.3 Å². The maximum atomic E-state index is 9.36. The van der Waals surface area contributed by atoms with Crippen molar-refractivity contribution in [2.24, 2.45) is 5.92 Å². The average Bonchev–Trinajstić information content (AvgIpc) is 2.40. The van der Waals surface area contributed by atoms with Crippen LogP contribution in [-0.2, 0) is 0 Å². The molecular weight excluding hydrogens is 212 g/mol. The molecule has 1 fully saturated rings. The first-order valence-electron chi connectivity index (χ1n) is 6.44. The minimum Gasteiger partial charge on any atom is -0.396 e. The average molecular weight is 234 g/mol. The van der Waals surface area contributed by atoms with Crippen molar-refractivity contribution < 1.29 is 5.11 Å². The quantitative estimate of drug-likeness (QED) is 0.736. The van der Waals surface area contributed by atoms with E-state index < -0.39 is 0 Å². The molecule has 0 amide bonds. The molecule has 0 unspecified atom stereocenters. The molecule has 1 saturated heterocycles. The Kier molecular flexibility index (Phi) is 4.54. The largest absolute Gasteiger partial charge is 0.396 e. The van der Waals surface area contributed by atoms with E-state index in [1.165, 1.54) is 5.56 Å². The Morgan fingerprint density at radius 2 is 2.18 bits per heavy atom. The van der Waals surface area contributed by atoms with E-state index in [1.54, 1.807) is 0 Å². The van der Waals surface area contributed by atoms with Crippen LogP contribution in [0.2, 0.25) is 0 Å². The molecule has 1 aliphatic heterocycles. The Bertz CT molecular complexity index is 328. The fraction of sp³-hybridized carbons (Fsp3) is 0.571. The van der Waals surface area contributed by atoms with Gasteiger partial charge in [0.25, 0.3) is 0 Å². The first-order valence-corrected chi connectivity index (χ1v) is 6.44. The number of aliphatic hydroxyl groups excluding tert-OH is 1. The van der Waals surface area contributed by atoms with Crippen molar-refractivity contribution >= 4 is 0 Å². The lowest BCUT2D eigenvalue weighted by Crippen LogP contribution is -2.49. The number of nitrogens with one attached hydrogen (secondary N) is 2. The topological polar surface area (TPSA) is 44.3 Å². The molecule has 1 aromatic rings. The lowest BCUT2D eigenvalue weighted by molar-refractivity contribution is 0.157. The minimum absolute atomic E-state index is 0.256. The molecule has 94 valence electrons. The Balaban J connectivity index is 1.95. The Morgan fingerprint density at radius 1 is 1.41 bits per heavy atom. The minimum atomic E-state index is 0.256. The van der Waals surface area contributed by atoms with E-state index in [-0.39, 0.29) is 6.61 Å². The molecule has 0 radical (unpaired) electrons. The van der Waals surface area contributed by atoms with Gasteiger partial charge in [-0.05, 0) is 25.5 Å². The monoisotopic (exact) mass is 234 g/mol. The van der Waals surface area contributed by atoms with E-state index in [1.807, 2.05) is 6.07 Å². The van der Waals surface area contributed by atoms with E-state index in [2.05, 4.69) is 41.8 Å². The Labute approximate surface area is 103 Å². The third kappa shape index (κ3) is 3.28. The van der Waals surface area contributed by atoms with Gasteiger partial charge in [0.1, 0.15) is 0 Å². The first-order chi connectivity index (χ1) is 8.31. The molecule has 0 saturated carbocycles. The second-order valence-electron chi connectivity index (χ2n) is 4.84. The molecule has 0 bridgehead atoms. The number of piperidine rings is 1. The summed E-state index contributed by atoms with van der Waals surface area (Å²) in [5, 5.41) is 16.3. The summed E-state index contributed by atoms with van der Waals surface area (Å²) in [6.45, 7) is 4.39. The maximum absolute atomic E-state index is 9.36. The van der Waals surface area contributed by atoms with Crippen LogP contribution in [0.3, 0.4) is 0 Å². The molecule has 3 heteroatoms. The summed E-state index contributed by atoms with van der Waals surface area (Å²) in [6, 6.07) is 11.2. The van der Waals surface area contributed by atoms with Crippen LogP contribution >= 0.6 is 0 Å². The third-order valence-corrected chi connectivity index (χ3v) is 3.61. The van der Waals surface area contributed by atoms with E-state index >= 15 is 0 Å². The molecule has 3 atom stereocenters. The Morgan fingerprint density at radius 3 is 2.88 bits per heavy atom. The van der Waals surface area contributed by atoms with Gasteiger partial charge in [0.2, 0.25) is 0 Å². The van der Waals surface area contributed by atoms with E-state index in [0.717, 1.165) is 19.5 Å². The number of benzene rings is 1. The molecule has 0 aliphatic carbocycles. The highest BCUT2D eigenvalue weighted by Gasteiger charge is 2.25. The smallest absolute Gasteiger partial charge is 0.0486 e. The number of hydrogen-bond donors (Lipinski definition) is 3. The molecule has 0 aromatic heterocycles. The summed E-state index contributed by atoms with van der Waals surface area (Å²) in [5.74, 6) is 0.329. The third-order valence-electron chi connectivity index (χ3n) is 3.61. The number of hydrogen-bond acceptors (Lipinski definition) is 3. The highest BCUT2D eigenvalue weighted by Crippen LogP contribution is 2.17. The zero-order valence-electron chi connectivity index (χ0n) is 10.4. The number of aliphatic hydroxyl groups is 1. The van der Waals surface area contributed by atoms with Crippen LogP contribution in [0, 0.1) is 5.92 Å². The van der Waals surface area contributed by atoms with Crippen molar-refractivity contribution in [1.82, 2.24) is 10.6 Å². The molecule has 1 aliphatic rings. The zero-order chi connectivity index (χ0) is 12.1. The van der Waals surface area contributed by atoms with Gasteiger partial charge in [-0.15, -0.1) is 0 Å². The van der Waals surface area contributed by atoms with Gasteiger partial charge in [-0.2, -0.15) is 0 Å². The van der Waals surface area contributed by atoms with Crippen LogP contribution < -0.4 is 10.6 Å². The van der Waals surface area contributed by atoms with Crippen LogP contribution in [0.4, 0.5) is 0 Å². The van der Waals surface area contributed by atoms with Crippen molar-refractivity contribution in [2.75, 3.05) is 19.7 Å². The maximum Gasteiger partial charge on any atom is 0.0486 e. The molecule has 2 rings (SSSR count). The fourth-order valence-corrected chi connectivity index (χ4v) is 2.49. The summed E-state index contributed by atoms with van der Waals surface area (Å²) in [6.07, 6.45) is 1.09. The summed E-state index contributed by atoms with van der Waals surface area (Å²) >= 11 is 0. The highest BCUT2D eigenvalue weighted by molar-refractivity contribution is 5.18. The second kappa shape index (κ2) is 6.15. The van der Waals surface area contributed by atoms with Crippen LogP contribution in [0.25, 0.3) is 0 Å². The predicted octanol–water partition coefficient (Wildman–Crippen LogP) is 1.31. The van der Waals surface area contributed by atoms with Gasteiger partial charge in [-0.25, -0.2) is 0 Å². The molecule has 0 spiro atoms. The molecule has 1 aromatic carbocycles. The molecule has 1 heterocycles. The summed E-state index contributed by atoms with van der Waals surface area (Å²) < 4.78 is 0. The van der Waals surface area contributed by atoms with Gasteiger partial charge in [0, 0.05) is 31.2 Å². The molecule has 3 nitrogen and oxygen atoms in total. The number of rotatable bonds is 4. The zero-order valence-corrected chi connectivity index (χ0v) is 10.4. The van der Waals surface area contributed by atoms with Crippen molar-refractivity contribution in [1.29, 1.82) is 0 Å². The van der Waals surface area contributed by atoms with Gasteiger partial charge in [0.15, 0.2) is 0 Å². The van der Waals surface area contributed by atoms with E-state index in [0.29, 0.717) is 18.0 Å². The first kappa shape index (κ1) is 12.6. The van der Waals surface area contributed by atoms with Crippen molar-refractivity contribution in [3.8, 4) is 0 Å². The standard InChI is InChI=1S/C14H22N2O/c1-11(12-5-3-2-4-6-12)16-14-7-8-15-9-13(14)10-17/h2-6,11,13-17H,7-10H2,1H3/t11-,13+,14-/m1/s1. The normalized spacial score (nSPS) is 26.7.